The molecule has 0 fully saturated rings. The molecule has 1 unspecified atom stereocenters. The van der Waals surface area contributed by atoms with Crippen LogP contribution >= 0.6 is 11.6 Å². The van der Waals surface area contributed by atoms with Crippen molar-refractivity contribution in [2.24, 2.45) is 5.92 Å². The van der Waals surface area contributed by atoms with Gasteiger partial charge in [-0.3, -0.25) is 0 Å². The van der Waals surface area contributed by atoms with E-state index in [0.29, 0.717) is 0 Å². The Bertz CT molecular complexity index is 71.3. The van der Waals surface area contributed by atoms with E-state index in [1.807, 2.05) is 0 Å². The van der Waals surface area contributed by atoms with Crippen LogP contribution < -0.4 is 0 Å². The Morgan fingerprint density at radius 1 is 1.09 bits per heavy atom. The molecule has 11 heavy (non-hydrogen) atoms. The van der Waals surface area contributed by atoms with Crippen molar-refractivity contribution in [3.63, 3.8) is 0 Å². The number of halogens is 1. The van der Waals surface area contributed by atoms with E-state index < -0.39 is 0 Å². The zero-order valence-corrected chi connectivity index (χ0v) is 8.66. The Morgan fingerprint density at radius 2 is 1.82 bits per heavy atom. The van der Waals surface area contributed by atoms with Crippen LogP contribution in [0.3, 0.4) is 0 Å². The molecule has 68 valence electrons. The van der Waals surface area contributed by atoms with Crippen LogP contribution in [0.1, 0.15) is 52.4 Å². The van der Waals surface area contributed by atoms with Gasteiger partial charge in [0.15, 0.2) is 0 Å². The SMILES string of the molecule is CCCC(C)CCCCCCl. The van der Waals surface area contributed by atoms with Crippen molar-refractivity contribution in [1.82, 2.24) is 0 Å². The third kappa shape index (κ3) is 8.19. The van der Waals surface area contributed by atoms with E-state index >= 15 is 0 Å². The lowest BCUT2D eigenvalue weighted by molar-refractivity contribution is 0.459. The first-order valence-electron chi connectivity index (χ1n) is 4.87. The summed E-state index contributed by atoms with van der Waals surface area (Å²) in [5.41, 5.74) is 0. The zero-order valence-electron chi connectivity index (χ0n) is 7.91. The Labute approximate surface area is 76.3 Å². The maximum absolute atomic E-state index is 5.58. The molecule has 0 amide bonds. The fraction of sp³-hybridized carbons (Fsp3) is 1.00. The van der Waals surface area contributed by atoms with Crippen LogP contribution in [0.4, 0.5) is 0 Å². The highest BCUT2D eigenvalue weighted by Gasteiger charge is 1.99. The van der Waals surface area contributed by atoms with E-state index in [9.17, 15) is 0 Å². The van der Waals surface area contributed by atoms with E-state index in [1.54, 1.807) is 0 Å². The highest BCUT2D eigenvalue weighted by atomic mass is 35.5. The molecule has 0 N–H and O–H groups in total. The summed E-state index contributed by atoms with van der Waals surface area (Å²) in [6, 6.07) is 0. The van der Waals surface area contributed by atoms with Crippen molar-refractivity contribution < 1.29 is 0 Å². The van der Waals surface area contributed by atoms with Gasteiger partial charge >= 0.3 is 0 Å². The van der Waals surface area contributed by atoms with Gasteiger partial charge in [-0.2, -0.15) is 0 Å². The molecule has 0 nitrogen and oxygen atoms in total. The van der Waals surface area contributed by atoms with Gasteiger partial charge in [-0.05, 0) is 12.3 Å². The predicted octanol–water partition coefficient (Wildman–Crippen LogP) is 4.22. The van der Waals surface area contributed by atoms with Gasteiger partial charge in [0.25, 0.3) is 0 Å². The van der Waals surface area contributed by atoms with Gasteiger partial charge in [0.2, 0.25) is 0 Å². The molecule has 0 bridgehead atoms. The Balaban J connectivity index is 2.97. The summed E-state index contributed by atoms with van der Waals surface area (Å²) in [6.07, 6.45) is 7.99. The maximum Gasteiger partial charge on any atom is 0.0223 e. The first-order chi connectivity index (χ1) is 5.31. The third-order valence-corrected chi connectivity index (χ3v) is 2.38. The van der Waals surface area contributed by atoms with Gasteiger partial charge in [-0.25, -0.2) is 0 Å². The molecular weight excluding hydrogens is 156 g/mol. The van der Waals surface area contributed by atoms with Crippen LogP contribution in [0.15, 0.2) is 0 Å². The summed E-state index contributed by atoms with van der Waals surface area (Å²) in [7, 11) is 0. The van der Waals surface area contributed by atoms with Gasteiger partial charge in [-0.15, -0.1) is 11.6 Å². The lowest BCUT2D eigenvalue weighted by Crippen LogP contribution is -1.93. The first kappa shape index (κ1) is 11.3. The van der Waals surface area contributed by atoms with Crippen molar-refractivity contribution in [2.45, 2.75) is 52.4 Å². The molecule has 1 heteroatoms. The molecule has 0 saturated carbocycles. The van der Waals surface area contributed by atoms with Gasteiger partial charge in [-0.1, -0.05) is 46.0 Å². The minimum absolute atomic E-state index is 0.835. The normalized spacial score (nSPS) is 13.4. The highest BCUT2D eigenvalue weighted by molar-refractivity contribution is 6.17. The number of hydrogen-bond acceptors (Lipinski definition) is 0. The Kier molecular flexibility index (Phi) is 8.61. The fourth-order valence-corrected chi connectivity index (χ4v) is 1.59. The largest absolute Gasteiger partial charge is 0.127 e. The number of hydrogen-bond donors (Lipinski definition) is 0. The lowest BCUT2D eigenvalue weighted by Gasteiger charge is -2.08. The molecule has 1 atom stereocenters. The van der Waals surface area contributed by atoms with Crippen molar-refractivity contribution in [2.75, 3.05) is 5.88 Å². The summed E-state index contributed by atoms with van der Waals surface area (Å²) in [4.78, 5) is 0. The molecule has 0 radical (unpaired) electrons. The smallest absolute Gasteiger partial charge is 0.0223 e. The summed E-state index contributed by atoms with van der Waals surface area (Å²) in [6.45, 7) is 4.61. The van der Waals surface area contributed by atoms with Crippen LogP contribution in [0.25, 0.3) is 0 Å². The second-order valence-corrected chi connectivity index (χ2v) is 3.81. The van der Waals surface area contributed by atoms with Gasteiger partial charge in [0.1, 0.15) is 0 Å². The molecular formula is C10H21Cl. The van der Waals surface area contributed by atoms with Gasteiger partial charge in [0.05, 0.1) is 0 Å². The van der Waals surface area contributed by atoms with Crippen LogP contribution in [0, 0.1) is 5.92 Å². The van der Waals surface area contributed by atoms with Gasteiger partial charge < -0.3 is 0 Å². The Morgan fingerprint density at radius 3 is 2.36 bits per heavy atom. The van der Waals surface area contributed by atoms with Crippen LogP contribution in [-0.4, -0.2) is 5.88 Å². The molecule has 0 aromatic rings. The molecule has 0 aliphatic heterocycles. The maximum atomic E-state index is 5.58. The van der Waals surface area contributed by atoms with Gasteiger partial charge in [0, 0.05) is 5.88 Å². The summed E-state index contributed by atoms with van der Waals surface area (Å²) < 4.78 is 0. The quantitative estimate of drug-likeness (QED) is 0.403. The molecule has 0 aliphatic carbocycles. The van der Waals surface area contributed by atoms with E-state index in [0.717, 1.165) is 11.8 Å². The molecule has 0 saturated heterocycles. The standard InChI is InChI=1S/C10H21Cl/c1-3-7-10(2)8-5-4-6-9-11/h10H,3-9H2,1-2H3. The minimum atomic E-state index is 0.835. The van der Waals surface area contributed by atoms with E-state index in [2.05, 4.69) is 13.8 Å². The molecule has 0 heterocycles. The van der Waals surface area contributed by atoms with Crippen LogP contribution in [0.2, 0.25) is 0 Å². The van der Waals surface area contributed by atoms with Crippen molar-refractivity contribution in [3.05, 3.63) is 0 Å². The monoisotopic (exact) mass is 176 g/mol. The third-order valence-electron chi connectivity index (χ3n) is 2.11. The molecule has 0 rings (SSSR count). The Hall–Kier alpha value is 0.290. The second-order valence-electron chi connectivity index (χ2n) is 3.43. The zero-order chi connectivity index (χ0) is 8.53. The fourth-order valence-electron chi connectivity index (χ4n) is 1.40. The second kappa shape index (κ2) is 8.39. The lowest BCUT2D eigenvalue weighted by atomic mass is 9.99. The van der Waals surface area contributed by atoms with E-state index in [1.165, 1.54) is 38.5 Å². The highest BCUT2D eigenvalue weighted by Crippen LogP contribution is 2.14. The minimum Gasteiger partial charge on any atom is -0.127 e. The average Bonchev–Trinajstić information content (AvgIpc) is 1.99. The van der Waals surface area contributed by atoms with Crippen molar-refractivity contribution in [1.29, 1.82) is 0 Å². The number of rotatable bonds is 7. The summed E-state index contributed by atoms with van der Waals surface area (Å²) in [5, 5.41) is 0. The topological polar surface area (TPSA) is 0 Å². The molecule has 0 aliphatic rings. The number of alkyl halides is 1. The van der Waals surface area contributed by atoms with Crippen LogP contribution in [0.5, 0.6) is 0 Å². The molecule has 0 aromatic heterocycles. The van der Waals surface area contributed by atoms with E-state index in [-0.39, 0.29) is 0 Å². The van der Waals surface area contributed by atoms with Crippen molar-refractivity contribution >= 4 is 11.6 Å². The number of unbranched alkanes of at least 4 members (excludes halogenated alkanes) is 2. The van der Waals surface area contributed by atoms with E-state index in [4.69, 9.17) is 11.6 Å². The summed E-state index contributed by atoms with van der Waals surface area (Å²) in [5.74, 6) is 1.76. The molecule has 0 aromatic carbocycles. The van der Waals surface area contributed by atoms with Crippen molar-refractivity contribution in [3.8, 4) is 0 Å². The predicted molar refractivity (Wildman–Crippen MR) is 53.3 cm³/mol. The summed E-state index contributed by atoms with van der Waals surface area (Å²) >= 11 is 5.58. The first-order valence-corrected chi connectivity index (χ1v) is 5.40. The average molecular weight is 177 g/mol. The molecule has 0 spiro atoms. The van der Waals surface area contributed by atoms with Crippen LogP contribution in [-0.2, 0) is 0 Å².